The molecule has 1 aromatic carbocycles. The Morgan fingerprint density at radius 1 is 1.29 bits per heavy atom. The molecule has 0 aliphatic carbocycles. The highest BCUT2D eigenvalue weighted by Gasteiger charge is 2.23. The van der Waals surface area contributed by atoms with Crippen LogP contribution in [0, 0.1) is 0 Å². The van der Waals surface area contributed by atoms with Crippen LogP contribution < -0.4 is 0 Å². The maximum absolute atomic E-state index is 11.9. The van der Waals surface area contributed by atoms with Crippen molar-refractivity contribution in [2.45, 2.75) is 0 Å². The number of oxazole rings is 1. The lowest BCUT2D eigenvalue weighted by Gasteiger charge is -1.99. The van der Waals surface area contributed by atoms with Gasteiger partial charge in [0.1, 0.15) is 0 Å². The summed E-state index contributed by atoms with van der Waals surface area (Å²) in [4.78, 5) is 17.0. The Balaban J connectivity index is 2.13. The third kappa shape index (κ3) is 2.70. The van der Waals surface area contributed by atoms with Gasteiger partial charge in [-0.05, 0) is 35.7 Å². The van der Waals surface area contributed by atoms with E-state index in [2.05, 4.69) is 4.98 Å². The Morgan fingerprint density at radius 3 is 2.67 bits per heavy atom. The maximum atomic E-state index is 11.9. The first kappa shape index (κ1) is 13.9. The molecule has 0 saturated carbocycles. The zero-order valence-electron chi connectivity index (χ0n) is 11.0. The van der Waals surface area contributed by atoms with Crippen LogP contribution in [0.15, 0.2) is 46.2 Å². The van der Waals surface area contributed by atoms with Crippen molar-refractivity contribution >= 4 is 28.9 Å². The minimum Gasteiger partial charge on any atom is -0.464 e. The van der Waals surface area contributed by atoms with Crippen LogP contribution in [0.3, 0.4) is 0 Å². The number of hydrogen-bond acceptors (Lipinski definition) is 5. The molecule has 3 rings (SSSR count). The molecule has 0 aliphatic rings. The molecule has 0 atom stereocenters. The molecule has 0 fully saturated rings. The van der Waals surface area contributed by atoms with Gasteiger partial charge in [0.05, 0.1) is 12.0 Å². The predicted molar refractivity (Wildman–Crippen MR) is 81.6 cm³/mol. The van der Waals surface area contributed by atoms with E-state index in [-0.39, 0.29) is 5.69 Å². The van der Waals surface area contributed by atoms with Crippen LogP contribution >= 0.6 is 22.9 Å². The highest BCUT2D eigenvalue weighted by atomic mass is 35.5. The van der Waals surface area contributed by atoms with Gasteiger partial charge in [0.25, 0.3) is 0 Å². The second kappa shape index (κ2) is 5.71. The molecule has 0 radical (unpaired) electrons. The molecule has 0 bridgehead atoms. The van der Waals surface area contributed by atoms with E-state index in [9.17, 15) is 4.79 Å². The van der Waals surface area contributed by atoms with E-state index in [0.29, 0.717) is 16.7 Å². The highest BCUT2D eigenvalue weighted by Crippen LogP contribution is 2.32. The zero-order valence-corrected chi connectivity index (χ0v) is 12.6. The molecule has 0 amide bonds. The summed E-state index contributed by atoms with van der Waals surface area (Å²) >= 11 is 7.36. The molecular weight excluding hydrogens is 310 g/mol. The number of esters is 1. The summed E-state index contributed by atoms with van der Waals surface area (Å²) < 4.78 is 10.5. The van der Waals surface area contributed by atoms with Crippen LogP contribution in [0.2, 0.25) is 5.02 Å². The largest absolute Gasteiger partial charge is 0.464 e. The molecule has 0 spiro atoms. The zero-order chi connectivity index (χ0) is 14.8. The van der Waals surface area contributed by atoms with Crippen molar-refractivity contribution in [3.8, 4) is 22.1 Å². The van der Waals surface area contributed by atoms with Crippen LogP contribution in [0.1, 0.15) is 10.5 Å². The first-order chi connectivity index (χ1) is 10.2. The molecule has 4 nitrogen and oxygen atoms in total. The molecule has 2 aromatic heterocycles. The van der Waals surface area contributed by atoms with Gasteiger partial charge >= 0.3 is 5.97 Å². The molecule has 0 saturated heterocycles. The lowest BCUT2D eigenvalue weighted by Crippen LogP contribution is -2.03. The lowest BCUT2D eigenvalue weighted by molar-refractivity contribution is 0.0595. The topological polar surface area (TPSA) is 52.3 Å². The van der Waals surface area contributed by atoms with Gasteiger partial charge in [-0.3, -0.25) is 0 Å². The van der Waals surface area contributed by atoms with E-state index < -0.39 is 5.97 Å². The summed E-state index contributed by atoms with van der Waals surface area (Å²) in [5.41, 5.74) is 0.873. The van der Waals surface area contributed by atoms with Crippen molar-refractivity contribution in [3.05, 3.63) is 52.5 Å². The summed E-state index contributed by atoms with van der Waals surface area (Å²) in [6, 6.07) is 10.8. The van der Waals surface area contributed by atoms with Gasteiger partial charge < -0.3 is 9.15 Å². The molecule has 0 N–H and O–H groups in total. The number of carbonyl (C=O) groups is 1. The van der Waals surface area contributed by atoms with Gasteiger partial charge in [-0.2, -0.15) is 0 Å². The van der Waals surface area contributed by atoms with E-state index in [1.54, 1.807) is 24.3 Å². The monoisotopic (exact) mass is 319 g/mol. The first-order valence-corrected chi connectivity index (χ1v) is 7.34. The normalized spacial score (nSPS) is 10.6. The van der Waals surface area contributed by atoms with Crippen LogP contribution in [0.4, 0.5) is 0 Å². The van der Waals surface area contributed by atoms with Crippen molar-refractivity contribution in [2.24, 2.45) is 0 Å². The van der Waals surface area contributed by atoms with Gasteiger partial charge in [0, 0.05) is 10.6 Å². The van der Waals surface area contributed by atoms with Crippen molar-refractivity contribution in [1.29, 1.82) is 0 Å². The fourth-order valence-electron chi connectivity index (χ4n) is 1.86. The Kier molecular flexibility index (Phi) is 3.77. The van der Waals surface area contributed by atoms with Gasteiger partial charge in [-0.25, -0.2) is 9.78 Å². The highest BCUT2D eigenvalue weighted by molar-refractivity contribution is 7.13. The number of aromatic nitrogens is 1. The second-order valence-electron chi connectivity index (χ2n) is 4.17. The average Bonchev–Trinajstić information content (AvgIpc) is 3.16. The third-order valence-electron chi connectivity index (χ3n) is 2.84. The summed E-state index contributed by atoms with van der Waals surface area (Å²) in [6.45, 7) is 0. The Bertz CT molecular complexity index is 763. The number of nitrogens with zero attached hydrogens (tertiary/aromatic N) is 1. The number of carbonyl (C=O) groups excluding carboxylic acids is 1. The fraction of sp³-hybridized carbons (Fsp3) is 0.0667. The smallest absolute Gasteiger partial charge is 0.360 e. The summed E-state index contributed by atoms with van der Waals surface area (Å²) in [5.74, 6) is 0.240. The number of benzene rings is 1. The van der Waals surface area contributed by atoms with Crippen molar-refractivity contribution in [2.75, 3.05) is 7.11 Å². The summed E-state index contributed by atoms with van der Waals surface area (Å²) in [7, 11) is 1.31. The molecule has 106 valence electrons. The van der Waals surface area contributed by atoms with Crippen LogP contribution in [-0.2, 0) is 4.74 Å². The first-order valence-electron chi connectivity index (χ1n) is 6.08. The van der Waals surface area contributed by atoms with Gasteiger partial charge in [0.2, 0.25) is 5.89 Å². The van der Waals surface area contributed by atoms with Crippen molar-refractivity contribution in [1.82, 2.24) is 4.98 Å². The molecule has 0 aliphatic heterocycles. The number of halogens is 1. The summed E-state index contributed by atoms with van der Waals surface area (Å²) in [6.07, 6.45) is 0. The number of rotatable bonds is 3. The quantitative estimate of drug-likeness (QED) is 0.666. The maximum Gasteiger partial charge on any atom is 0.360 e. The Labute approximate surface area is 130 Å². The van der Waals surface area contributed by atoms with Crippen molar-refractivity contribution in [3.63, 3.8) is 0 Å². The predicted octanol–water partition coefficient (Wildman–Crippen LogP) is 4.51. The summed E-state index contributed by atoms with van der Waals surface area (Å²) in [5, 5.41) is 2.52. The molecule has 3 aromatic rings. The lowest BCUT2D eigenvalue weighted by atomic mass is 10.1. The van der Waals surface area contributed by atoms with Crippen LogP contribution in [0.5, 0.6) is 0 Å². The third-order valence-corrected chi connectivity index (χ3v) is 3.95. The van der Waals surface area contributed by atoms with Gasteiger partial charge in [0.15, 0.2) is 11.5 Å². The number of thiophene rings is 1. The number of ether oxygens (including phenoxy) is 1. The van der Waals surface area contributed by atoms with Crippen molar-refractivity contribution < 1.29 is 13.9 Å². The fourth-order valence-corrected chi connectivity index (χ4v) is 2.63. The molecule has 21 heavy (non-hydrogen) atoms. The van der Waals surface area contributed by atoms with E-state index >= 15 is 0 Å². The van der Waals surface area contributed by atoms with E-state index in [1.165, 1.54) is 18.4 Å². The molecule has 2 heterocycles. The average molecular weight is 320 g/mol. The van der Waals surface area contributed by atoms with E-state index in [0.717, 1.165) is 10.4 Å². The van der Waals surface area contributed by atoms with Gasteiger partial charge in [-0.15, -0.1) is 11.3 Å². The molecule has 6 heteroatoms. The Morgan fingerprint density at radius 2 is 2.05 bits per heavy atom. The molecule has 0 unspecified atom stereocenters. The minimum atomic E-state index is -0.536. The van der Waals surface area contributed by atoms with Gasteiger partial charge in [-0.1, -0.05) is 17.7 Å². The Hall–Kier alpha value is -2.11. The van der Waals surface area contributed by atoms with Crippen LogP contribution in [0.25, 0.3) is 22.1 Å². The van der Waals surface area contributed by atoms with E-state index in [1.807, 2.05) is 17.5 Å². The standard InChI is InChI=1S/C15H10ClNO3S/c1-19-15(18)12-13(9-4-6-10(16)7-5-9)20-14(17-12)11-3-2-8-21-11/h2-8H,1H3. The number of hydrogen-bond donors (Lipinski definition) is 0. The van der Waals surface area contributed by atoms with Crippen LogP contribution in [-0.4, -0.2) is 18.1 Å². The number of methoxy groups -OCH3 is 1. The second-order valence-corrected chi connectivity index (χ2v) is 5.56. The SMILES string of the molecule is COC(=O)c1nc(-c2cccs2)oc1-c1ccc(Cl)cc1. The van der Waals surface area contributed by atoms with E-state index in [4.69, 9.17) is 20.8 Å². The molecular formula is C15H10ClNO3S. The minimum absolute atomic E-state index is 0.156.